The third-order valence-corrected chi connectivity index (χ3v) is 3.93. The Kier molecular flexibility index (Phi) is 7.26. The van der Waals surface area contributed by atoms with E-state index in [0.29, 0.717) is 10.8 Å². The second-order valence-electron chi connectivity index (χ2n) is 6.73. The smallest absolute Gasteiger partial charge is 0.412 e. The normalized spacial score (nSPS) is 10.9. The van der Waals surface area contributed by atoms with Crippen molar-refractivity contribution in [3.8, 4) is 5.75 Å². The van der Waals surface area contributed by atoms with Crippen LogP contribution in [-0.2, 0) is 9.53 Å². The first-order valence-corrected chi connectivity index (χ1v) is 9.38. The van der Waals surface area contributed by atoms with E-state index in [0.717, 1.165) is 10.5 Å². The minimum absolute atomic E-state index is 0.107. The average molecular weight is 474 g/mol. The largest absolute Gasteiger partial charge is 0.482 e. The van der Waals surface area contributed by atoms with Gasteiger partial charge in [0.1, 0.15) is 17.2 Å². The molecule has 0 radical (unpaired) electrons. The van der Waals surface area contributed by atoms with Crippen LogP contribution in [0.5, 0.6) is 5.75 Å². The summed E-state index contributed by atoms with van der Waals surface area (Å²) in [7, 11) is 0. The van der Waals surface area contributed by atoms with E-state index in [4.69, 9.17) is 21.1 Å². The van der Waals surface area contributed by atoms with Crippen molar-refractivity contribution in [1.29, 1.82) is 0 Å². The number of hydrogen-bond acceptors (Lipinski definition) is 4. The van der Waals surface area contributed by atoms with Crippen LogP contribution in [0.3, 0.4) is 0 Å². The van der Waals surface area contributed by atoms with Crippen LogP contribution in [0.4, 0.5) is 20.6 Å². The van der Waals surface area contributed by atoms with Gasteiger partial charge in [0.15, 0.2) is 6.61 Å². The third kappa shape index (κ3) is 7.01. The molecule has 0 bridgehead atoms. The maximum atomic E-state index is 14.0. The van der Waals surface area contributed by atoms with Gasteiger partial charge in [0.05, 0.1) is 10.7 Å². The number of carbonyl (C=O) groups excluding carboxylic acids is 2. The van der Waals surface area contributed by atoms with Crippen molar-refractivity contribution in [2.24, 2.45) is 0 Å². The molecular formula is C19H19BrClFN2O4. The van der Waals surface area contributed by atoms with E-state index >= 15 is 0 Å². The van der Waals surface area contributed by atoms with Crippen molar-refractivity contribution in [1.82, 2.24) is 0 Å². The van der Waals surface area contributed by atoms with Crippen molar-refractivity contribution in [2.75, 3.05) is 17.2 Å². The first kappa shape index (κ1) is 22.0. The number of hydrogen-bond donors (Lipinski definition) is 2. The Hall–Kier alpha value is -2.32. The summed E-state index contributed by atoms with van der Waals surface area (Å²) in [5.41, 5.74) is -0.515. The molecule has 9 heteroatoms. The van der Waals surface area contributed by atoms with Crippen LogP contribution < -0.4 is 15.4 Å². The number of nitrogens with one attached hydrogen (secondary N) is 2. The number of carbonyl (C=O) groups is 2. The monoisotopic (exact) mass is 472 g/mol. The Labute approximate surface area is 175 Å². The van der Waals surface area contributed by atoms with Gasteiger partial charge in [-0.2, -0.15) is 0 Å². The highest BCUT2D eigenvalue weighted by atomic mass is 79.9. The molecule has 0 spiro atoms. The van der Waals surface area contributed by atoms with E-state index in [9.17, 15) is 14.0 Å². The van der Waals surface area contributed by atoms with E-state index in [1.165, 1.54) is 12.1 Å². The van der Waals surface area contributed by atoms with Crippen LogP contribution in [0.1, 0.15) is 20.8 Å². The van der Waals surface area contributed by atoms with Gasteiger partial charge < -0.3 is 14.8 Å². The van der Waals surface area contributed by atoms with Gasteiger partial charge in [-0.05, 0) is 57.2 Å². The molecule has 6 nitrogen and oxygen atoms in total. The summed E-state index contributed by atoms with van der Waals surface area (Å²) in [6.45, 7) is 4.80. The van der Waals surface area contributed by atoms with Gasteiger partial charge >= 0.3 is 6.09 Å². The zero-order chi connectivity index (χ0) is 20.9. The molecule has 0 unspecified atom stereocenters. The molecule has 0 aromatic heterocycles. The lowest BCUT2D eigenvalue weighted by molar-refractivity contribution is -0.118. The Balaban J connectivity index is 1.98. The highest BCUT2D eigenvalue weighted by Crippen LogP contribution is 2.27. The molecule has 0 aliphatic heterocycles. The van der Waals surface area contributed by atoms with E-state index in [1.54, 1.807) is 39.0 Å². The molecule has 2 aromatic carbocycles. The fourth-order valence-corrected chi connectivity index (χ4v) is 2.77. The summed E-state index contributed by atoms with van der Waals surface area (Å²) in [5.74, 6) is -0.933. The Bertz CT molecular complexity index is 887. The molecule has 2 amide bonds. The average Bonchev–Trinajstić information content (AvgIpc) is 2.55. The van der Waals surface area contributed by atoms with Gasteiger partial charge in [0.2, 0.25) is 0 Å². The summed E-state index contributed by atoms with van der Waals surface area (Å²) in [6.07, 6.45) is -0.690. The van der Waals surface area contributed by atoms with Crippen LogP contribution >= 0.6 is 27.5 Å². The van der Waals surface area contributed by atoms with Gasteiger partial charge in [-0.1, -0.05) is 27.5 Å². The minimum atomic E-state index is -0.690. The second-order valence-corrected chi connectivity index (χ2v) is 8.06. The standard InChI is InChI=1S/C19H19BrClFN2O4/c1-19(2,3)28-18(26)23-12-5-6-14(22)15(9-12)24-17(25)10-27-16-7-4-11(20)8-13(16)21/h4-9H,10H2,1-3H3,(H,23,26)(H,24,25). The number of ether oxygens (including phenoxy) is 2. The second kappa shape index (κ2) is 9.25. The molecule has 2 rings (SSSR count). The van der Waals surface area contributed by atoms with Gasteiger partial charge in [-0.3, -0.25) is 10.1 Å². The first-order chi connectivity index (χ1) is 13.0. The molecule has 28 heavy (non-hydrogen) atoms. The summed E-state index contributed by atoms with van der Waals surface area (Å²) in [4.78, 5) is 23.9. The van der Waals surface area contributed by atoms with Crippen LogP contribution in [0.15, 0.2) is 40.9 Å². The van der Waals surface area contributed by atoms with Crippen molar-refractivity contribution >= 4 is 50.9 Å². The number of halogens is 3. The van der Waals surface area contributed by atoms with Crippen molar-refractivity contribution in [3.05, 3.63) is 51.7 Å². The Morgan fingerprint density at radius 1 is 1.14 bits per heavy atom. The highest BCUT2D eigenvalue weighted by molar-refractivity contribution is 9.10. The quantitative estimate of drug-likeness (QED) is 0.592. The Morgan fingerprint density at radius 2 is 1.86 bits per heavy atom. The van der Waals surface area contributed by atoms with Crippen molar-refractivity contribution in [3.63, 3.8) is 0 Å². The molecule has 0 aliphatic carbocycles. The van der Waals surface area contributed by atoms with Crippen LogP contribution in [-0.4, -0.2) is 24.2 Å². The molecule has 0 heterocycles. The lowest BCUT2D eigenvalue weighted by Crippen LogP contribution is -2.27. The van der Waals surface area contributed by atoms with E-state index < -0.39 is 23.4 Å². The molecule has 2 aromatic rings. The predicted molar refractivity (Wildman–Crippen MR) is 110 cm³/mol. The fourth-order valence-electron chi connectivity index (χ4n) is 2.04. The molecule has 2 N–H and O–H groups in total. The first-order valence-electron chi connectivity index (χ1n) is 8.21. The SMILES string of the molecule is CC(C)(C)OC(=O)Nc1ccc(F)c(NC(=O)COc2ccc(Br)cc2Cl)c1. The van der Waals surface area contributed by atoms with Gasteiger partial charge in [0.25, 0.3) is 5.91 Å². The maximum absolute atomic E-state index is 14.0. The zero-order valence-electron chi connectivity index (χ0n) is 15.4. The number of amides is 2. The molecule has 0 saturated carbocycles. The summed E-state index contributed by atoms with van der Waals surface area (Å²) < 4.78 is 25.2. The minimum Gasteiger partial charge on any atom is -0.482 e. The van der Waals surface area contributed by atoms with Crippen LogP contribution in [0.2, 0.25) is 5.02 Å². The molecular weight excluding hydrogens is 455 g/mol. The van der Waals surface area contributed by atoms with Crippen LogP contribution in [0.25, 0.3) is 0 Å². The molecule has 150 valence electrons. The Morgan fingerprint density at radius 3 is 2.50 bits per heavy atom. The zero-order valence-corrected chi connectivity index (χ0v) is 17.8. The molecule has 0 aliphatic rings. The van der Waals surface area contributed by atoms with Crippen molar-refractivity contribution < 1.29 is 23.5 Å². The predicted octanol–water partition coefficient (Wildman–Crippen LogP) is 5.61. The van der Waals surface area contributed by atoms with E-state index in [2.05, 4.69) is 26.6 Å². The fraction of sp³-hybridized carbons (Fsp3) is 0.263. The van der Waals surface area contributed by atoms with E-state index in [1.807, 2.05) is 0 Å². The third-order valence-electron chi connectivity index (χ3n) is 3.14. The maximum Gasteiger partial charge on any atom is 0.412 e. The summed E-state index contributed by atoms with van der Waals surface area (Å²) >= 11 is 9.28. The van der Waals surface area contributed by atoms with Gasteiger partial charge in [-0.15, -0.1) is 0 Å². The number of rotatable bonds is 5. The number of benzene rings is 2. The van der Waals surface area contributed by atoms with Gasteiger partial charge in [0, 0.05) is 10.2 Å². The highest BCUT2D eigenvalue weighted by Gasteiger charge is 2.17. The summed E-state index contributed by atoms with van der Waals surface area (Å²) in [5, 5.41) is 5.20. The topological polar surface area (TPSA) is 76.7 Å². The van der Waals surface area contributed by atoms with Gasteiger partial charge in [-0.25, -0.2) is 9.18 Å². The molecule has 0 fully saturated rings. The van der Waals surface area contributed by atoms with E-state index in [-0.39, 0.29) is 18.0 Å². The lowest BCUT2D eigenvalue weighted by atomic mass is 10.2. The number of anilines is 2. The summed E-state index contributed by atoms with van der Waals surface area (Å²) in [6, 6.07) is 8.70. The molecule has 0 atom stereocenters. The van der Waals surface area contributed by atoms with Crippen molar-refractivity contribution in [2.45, 2.75) is 26.4 Å². The molecule has 0 saturated heterocycles. The van der Waals surface area contributed by atoms with Crippen LogP contribution in [0, 0.1) is 5.82 Å². The lowest BCUT2D eigenvalue weighted by Gasteiger charge is -2.20.